The number of aromatic amines is 2. The normalized spacial score (nSPS) is 18.5. The average Bonchev–Trinajstić information content (AvgIpc) is 3.09. The molecule has 0 unspecified atom stereocenters. The van der Waals surface area contributed by atoms with Crippen molar-refractivity contribution in [2.45, 2.75) is 31.2 Å². The summed E-state index contributed by atoms with van der Waals surface area (Å²) in [4.78, 5) is 55.0. The fourth-order valence-corrected chi connectivity index (χ4v) is 5.37. The number of hydrogen-bond acceptors (Lipinski definition) is 7. The molecule has 2 aromatic rings. The zero-order chi connectivity index (χ0) is 23.0. The molecule has 3 heterocycles. The summed E-state index contributed by atoms with van der Waals surface area (Å²) in [5.41, 5.74) is 0.294. The Morgan fingerprint density at radius 2 is 1.47 bits per heavy atom. The number of aromatic nitrogens is 2. The van der Waals surface area contributed by atoms with Crippen LogP contribution in [0, 0.1) is 6.92 Å². The number of carbonyl (C=O) groups excluding carboxylic acids is 2. The first kappa shape index (κ1) is 22.1. The van der Waals surface area contributed by atoms with Gasteiger partial charge in [-0.05, 0) is 31.2 Å². The van der Waals surface area contributed by atoms with Crippen molar-refractivity contribution in [2.24, 2.45) is 0 Å². The largest absolute Gasteiger partial charge is 0.325 e. The molecule has 4 rings (SSSR count). The zero-order valence-electron chi connectivity index (χ0n) is 17.5. The number of nitrogens with zero attached hydrogens (tertiary/aromatic N) is 3. The number of aryl methyl sites for hydroxylation is 1. The lowest BCUT2D eigenvalue weighted by Gasteiger charge is -2.34. The van der Waals surface area contributed by atoms with Crippen molar-refractivity contribution in [1.82, 2.24) is 19.2 Å². The number of piperazine rings is 1. The smallest absolute Gasteiger partial charge is 0.311 e. The second kappa shape index (κ2) is 8.45. The Morgan fingerprint density at radius 1 is 0.875 bits per heavy atom. The van der Waals surface area contributed by atoms with E-state index in [4.69, 9.17) is 0 Å². The lowest BCUT2D eigenvalue weighted by molar-refractivity contribution is -0.121. The lowest BCUT2D eigenvalue weighted by Crippen LogP contribution is -2.48. The van der Waals surface area contributed by atoms with Gasteiger partial charge in [0.25, 0.3) is 5.56 Å². The Kier molecular flexibility index (Phi) is 5.84. The lowest BCUT2D eigenvalue weighted by atomic mass is 10.2. The molecule has 12 heteroatoms. The van der Waals surface area contributed by atoms with Gasteiger partial charge in [0, 0.05) is 51.3 Å². The van der Waals surface area contributed by atoms with Gasteiger partial charge in [-0.25, -0.2) is 13.2 Å². The van der Waals surface area contributed by atoms with Gasteiger partial charge in [-0.3, -0.25) is 29.2 Å². The van der Waals surface area contributed by atoms with E-state index < -0.39 is 21.3 Å². The Morgan fingerprint density at radius 3 is 2.03 bits per heavy atom. The summed E-state index contributed by atoms with van der Waals surface area (Å²) in [5, 5.41) is 0. The summed E-state index contributed by atoms with van der Waals surface area (Å²) in [5.74, 6) is -0.586. The second-order valence-corrected chi connectivity index (χ2v) is 9.75. The average molecular weight is 462 g/mol. The summed E-state index contributed by atoms with van der Waals surface area (Å²) in [7, 11) is -3.74. The summed E-state index contributed by atoms with van der Waals surface area (Å²) in [6.07, 6.45) is 0.321. The third kappa shape index (κ3) is 4.16. The number of amides is 2. The van der Waals surface area contributed by atoms with Crippen molar-refractivity contribution in [3.8, 4) is 0 Å². The van der Waals surface area contributed by atoms with Gasteiger partial charge in [-0.15, -0.1) is 0 Å². The maximum absolute atomic E-state index is 13.0. The van der Waals surface area contributed by atoms with E-state index in [1.165, 1.54) is 28.6 Å². The van der Waals surface area contributed by atoms with E-state index in [9.17, 15) is 27.6 Å². The number of rotatable bonds is 5. The fraction of sp³-hybridized carbons (Fsp3) is 0.400. The number of hydrogen-bond donors (Lipinski definition) is 2. The molecule has 1 aromatic heterocycles. The van der Waals surface area contributed by atoms with Crippen LogP contribution in [0.5, 0.6) is 0 Å². The summed E-state index contributed by atoms with van der Waals surface area (Å²) in [6, 6.07) is 5.74. The predicted octanol–water partition coefficient (Wildman–Crippen LogP) is -0.468. The van der Waals surface area contributed by atoms with Gasteiger partial charge in [0.15, 0.2) is 0 Å². The molecule has 0 radical (unpaired) electrons. The molecule has 0 aliphatic carbocycles. The molecule has 1 aromatic carbocycles. The summed E-state index contributed by atoms with van der Waals surface area (Å²) >= 11 is 0. The van der Waals surface area contributed by atoms with E-state index in [1.54, 1.807) is 6.92 Å². The van der Waals surface area contributed by atoms with Crippen molar-refractivity contribution >= 4 is 27.5 Å². The fourth-order valence-electron chi connectivity index (χ4n) is 3.95. The molecule has 2 aliphatic rings. The third-order valence-corrected chi connectivity index (χ3v) is 7.66. The summed E-state index contributed by atoms with van der Waals surface area (Å²) in [6.45, 7) is 3.29. The second-order valence-electron chi connectivity index (χ2n) is 7.81. The third-order valence-electron chi connectivity index (χ3n) is 5.75. The highest BCUT2D eigenvalue weighted by atomic mass is 32.2. The minimum atomic E-state index is -3.74. The van der Waals surface area contributed by atoms with E-state index >= 15 is 0 Å². The van der Waals surface area contributed by atoms with Crippen molar-refractivity contribution in [3.05, 3.63) is 56.4 Å². The van der Waals surface area contributed by atoms with E-state index in [1.807, 2.05) is 4.90 Å². The number of sulfonamides is 1. The maximum Gasteiger partial charge on any atom is 0.325 e. The zero-order valence-corrected chi connectivity index (χ0v) is 18.3. The van der Waals surface area contributed by atoms with E-state index in [-0.39, 0.29) is 42.6 Å². The highest BCUT2D eigenvalue weighted by Crippen LogP contribution is 2.25. The van der Waals surface area contributed by atoms with Crippen LogP contribution < -0.4 is 16.1 Å². The van der Waals surface area contributed by atoms with Crippen LogP contribution in [0.2, 0.25) is 0 Å². The molecule has 2 saturated heterocycles. The van der Waals surface area contributed by atoms with E-state index in [2.05, 4.69) is 9.97 Å². The molecule has 11 nitrogen and oxygen atoms in total. The van der Waals surface area contributed by atoms with Crippen molar-refractivity contribution in [2.75, 3.05) is 31.1 Å². The number of carbonyl (C=O) groups is 2. The number of anilines is 1. The van der Waals surface area contributed by atoms with Crippen LogP contribution >= 0.6 is 0 Å². The topological polar surface area (TPSA) is 144 Å². The molecule has 2 N–H and O–H groups in total. The molecule has 32 heavy (non-hydrogen) atoms. The molecular formula is C20H23N5O6S. The molecule has 2 fully saturated rings. The predicted molar refractivity (Wildman–Crippen MR) is 115 cm³/mol. The van der Waals surface area contributed by atoms with Gasteiger partial charge in [-0.1, -0.05) is 0 Å². The first-order valence-corrected chi connectivity index (χ1v) is 11.6. The number of H-pyrrole nitrogens is 2. The Balaban J connectivity index is 1.43. The summed E-state index contributed by atoms with van der Waals surface area (Å²) < 4.78 is 27.4. The van der Waals surface area contributed by atoms with Crippen LogP contribution in [-0.2, 0) is 26.2 Å². The molecular weight excluding hydrogens is 438 g/mol. The number of benzene rings is 1. The first-order chi connectivity index (χ1) is 15.2. The number of nitrogens with one attached hydrogen (secondary N) is 2. The van der Waals surface area contributed by atoms with Gasteiger partial charge in [0.1, 0.15) is 0 Å². The van der Waals surface area contributed by atoms with E-state index in [0.717, 1.165) is 4.90 Å². The molecule has 170 valence electrons. The molecule has 0 atom stereocenters. The van der Waals surface area contributed by atoms with E-state index in [0.29, 0.717) is 36.6 Å². The molecule has 2 aliphatic heterocycles. The van der Waals surface area contributed by atoms with Gasteiger partial charge in [0.2, 0.25) is 21.8 Å². The standard InChI is InChI=1S/C20H23N5O6S/c1-13-16(19(28)22-20(29)21-13)12-23-8-10-24(11-9-23)32(30,31)15-4-2-14(3-5-15)25-17(26)6-7-18(25)27/h2-5H,6-12H2,1H3,(H2,21,22,28,29). The maximum atomic E-state index is 13.0. The highest BCUT2D eigenvalue weighted by molar-refractivity contribution is 7.89. The quantitative estimate of drug-likeness (QED) is 0.573. The van der Waals surface area contributed by atoms with Crippen LogP contribution in [-0.4, -0.2) is 65.6 Å². The van der Waals surface area contributed by atoms with Gasteiger partial charge in [0.05, 0.1) is 16.1 Å². The van der Waals surface area contributed by atoms with Crippen molar-refractivity contribution in [3.63, 3.8) is 0 Å². The Labute approximate surface area is 183 Å². The minimum absolute atomic E-state index is 0.0849. The van der Waals surface area contributed by atoms with Crippen LogP contribution in [0.25, 0.3) is 0 Å². The van der Waals surface area contributed by atoms with Crippen LogP contribution in [0.3, 0.4) is 0 Å². The Hall–Kier alpha value is -3.09. The molecule has 2 amide bonds. The highest BCUT2D eigenvalue weighted by Gasteiger charge is 2.32. The Bertz CT molecular complexity index is 1260. The van der Waals surface area contributed by atoms with Gasteiger partial charge >= 0.3 is 5.69 Å². The monoisotopic (exact) mass is 461 g/mol. The SMILES string of the molecule is Cc1[nH]c(=O)[nH]c(=O)c1CN1CCN(S(=O)(=O)c2ccc(N3C(=O)CCC3=O)cc2)CC1. The van der Waals surface area contributed by atoms with Gasteiger partial charge in [-0.2, -0.15) is 4.31 Å². The van der Waals surface area contributed by atoms with Crippen molar-refractivity contribution < 1.29 is 18.0 Å². The molecule has 0 saturated carbocycles. The van der Waals surface area contributed by atoms with Gasteiger partial charge < -0.3 is 4.98 Å². The first-order valence-electron chi connectivity index (χ1n) is 10.2. The molecule has 0 spiro atoms. The van der Waals surface area contributed by atoms with Crippen LogP contribution in [0.15, 0.2) is 38.8 Å². The van der Waals surface area contributed by atoms with Crippen LogP contribution in [0.4, 0.5) is 5.69 Å². The minimum Gasteiger partial charge on any atom is -0.311 e. The number of imide groups is 1. The van der Waals surface area contributed by atoms with Crippen LogP contribution in [0.1, 0.15) is 24.1 Å². The molecule has 0 bridgehead atoms. The van der Waals surface area contributed by atoms with Crippen molar-refractivity contribution in [1.29, 1.82) is 0 Å².